The molecule has 0 bridgehead atoms. The molecule has 7 heteroatoms. The molecule has 90 valence electrons. The fourth-order valence-corrected chi connectivity index (χ4v) is 1.59. The Hall–Kier alpha value is -1.59. The molecule has 0 aromatic heterocycles. The molecule has 0 heterocycles. The van der Waals surface area contributed by atoms with Crippen LogP contribution in [0.5, 0.6) is 0 Å². The van der Waals surface area contributed by atoms with E-state index in [0.717, 1.165) is 5.56 Å². The van der Waals surface area contributed by atoms with Crippen LogP contribution in [0.2, 0.25) is 0 Å². The second kappa shape index (κ2) is 6.22. The van der Waals surface area contributed by atoms with Crippen LogP contribution < -0.4 is 0 Å². The molecule has 3 nitrogen and oxygen atoms in total. The van der Waals surface area contributed by atoms with E-state index in [1.165, 1.54) is 12.1 Å². The zero-order valence-corrected chi connectivity index (χ0v) is 9.37. The zero-order chi connectivity index (χ0) is 12.7. The van der Waals surface area contributed by atoms with E-state index >= 15 is 0 Å². The monoisotopic (exact) mass is 259 g/mol. The lowest BCUT2D eigenvalue weighted by Crippen LogP contribution is -1.98. The first-order valence-electron chi connectivity index (χ1n) is 4.54. The van der Waals surface area contributed by atoms with Crippen LogP contribution in [0.4, 0.5) is 13.2 Å². The fraction of sp³-hybridized carbons (Fsp3) is 0.200. The highest BCUT2D eigenvalue weighted by molar-refractivity contribution is 8.00. The molecule has 0 amide bonds. The SMILES string of the molecule is [N-]=[N+]=NCC=Cc1ccc(SC(F)(F)F)cc1. The van der Waals surface area contributed by atoms with Crippen LogP contribution in [-0.4, -0.2) is 12.1 Å². The summed E-state index contributed by atoms with van der Waals surface area (Å²) in [4.78, 5) is 2.71. The smallest absolute Gasteiger partial charge is 0.160 e. The average molecular weight is 259 g/mol. The summed E-state index contributed by atoms with van der Waals surface area (Å²) in [6.45, 7) is 0.218. The Morgan fingerprint density at radius 3 is 2.47 bits per heavy atom. The molecule has 17 heavy (non-hydrogen) atoms. The molecule has 0 atom stereocenters. The van der Waals surface area contributed by atoms with Crippen LogP contribution in [0, 0.1) is 0 Å². The van der Waals surface area contributed by atoms with Gasteiger partial charge in [-0.2, -0.15) is 13.2 Å². The number of hydrogen-bond acceptors (Lipinski definition) is 2. The Morgan fingerprint density at radius 2 is 1.94 bits per heavy atom. The standard InChI is InChI=1S/C10H8F3N3S/c11-10(12,13)17-9-5-3-8(4-6-9)2-1-7-15-16-14/h1-6H,7H2. The molecule has 0 aliphatic carbocycles. The third kappa shape index (κ3) is 5.89. The Labute approximate surface area is 100.0 Å². The molecule has 0 saturated carbocycles. The number of rotatable bonds is 4. The van der Waals surface area contributed by atoms with E-state index < -0.39 is 5.51 Å². The third-order valence-electron chi connectivity index (χ3n) is 1.67. The number of alkyl halides is 3. The first kappa shape index (κ1) is 13.5. The molecule has 0 fully saturated rings. The van der Waals surface area contributed by atoms with Crippen LogP contribution >= 0.6 is 11.8 Å². The van der Waals surface area contributed by atoms with Gasteiger partial charge in [0.05, 0.1) is 0 Å². The maximum atomic E-state index is 12.0. The van der Waals surface area contributed by atoms with E-state index in [4.69, 9.17) is 5.53 Å². The van der Waals surface area contributed by atoms with Gasteiger partial charge in [0, 0.05) is 16.4 Å². The molecular formula is C10H8F3N3S. The van der Waals surface area contributed by atoms with E-state index in [1.807, 2.05) is 0 Å². The van der Waals surface area contributed by atoms with Gasteiger partial charge in [-0.15, -0.1) is 0 Å². The van der Waals surface area contributed by atoms with Crippen LogP contribution in [-0.2, 0) is 0 Å². The van der Waals surface area contributed by atoms with Gasteiger partial charge in [-0.1, -0.05) is 29.4 Å². The van der Waals surface area contributed by atoms with E-state index in [2.05, 4.69) is 10.0 Å². The van der Waals surface area contributed by atoms with Gasteiger partial charge in [0.2, 0.25) is 0 Å². The number of thioether (sulfide) groups is 1. The largest absolute Gasteiger partial charge is 0.446 e. The molecule has 0 unspecified atom stereocenters. The molecular weight excluding hydrogens is 251 g/mol. The Morgan fingerprint density at radius 1 is 1.29 bits per heavy atom. The highest BCUT2D eigenvalue weighted by Crippen LogP contribution is 2.36. The van der Waals surface area contributed by atoms with Crippen molar-refractivity contribution in [1.82, 2.24) is 0 Å². The third-order valence-corrected chi connectivity index (χ3v) is 2.41. The number of benzene rings is 1. The van der Waals surface area contributed by atoms with Crippen molar-refractivity contribution in [2.75, 3.05) is 6.54 Å². The Balaban J connectivity index is 2.62. The second-order valence-electron chi connectivity index (χ2n) is 2.93. The van der Waals surface area contributed by atoms with Crippen LogP contribution in [0.3, 0.4) is 0 Å². The molecule has 0 spiro atoms. The average Bonchev–Trinajstić information content (AvgIpc) is 2.25. The quantitative estimate of drug-likeness (QED) is 0.337. The van der Waals surface area contributed by atoms with Gasteiger partial charge >= 0.3 is 5.51 Å². The summed E-state index contributed by atoms with van der Waals surface area (Å²) < 4.78 is 36.1. The van der Waals surface area contributed by atoms with Crippen molar-refractivity contribution in [2.24, 2.45) is 5.11 Å². The normalized spacial score (nSPS) is 11.5. The van der Waals surface area contributed by atoms with Crippen molar-refractivity contribution < 1.29 is 13.2 Å². The van der Waals surface area contributed by atoms with E-state index in [0.29, 0.717) is 0 Å². The fourth-order valence-electron chi connectivity index (χ4n) is 1.05. The van der Waals surface area contributed by atoms with Crippen molar-refractivity contribution in [2.45, 2.75) is 10.4 Å². The van der Waals surface area contributed by atoms with Crippen molar-refractivity contribution in [3.63, 3.8) is 0 Å². The van der Waals surface area contributed by atoms with Gasteiger partial charge in [-0.05, 0) is 35.0 Å². The van der Waals surface area contributed by atoms with Crippen LogP contribution in [0.15, 0.2) is 40.4 Å². The molecule has 0 aliphatic rings. The van der Waals surface area contributed by atoms with Crippen LogP contribution in [0.1, 0.15) is 5.56 Å². The summed E-state index contributed by atoms with van der Waals surface area (Å²) in [6, 6.07) is 5.93. The molecule has 0 N–H and O–H groups in total. The van der Waals surface area contributed by atoms with Gasteiger partial charge < -0.3 is 0 Å². The van der Waals surface area contributed by atoms with E-state index in [1.54, 1.807) is 24.3 Å². The van der Waals surface area contributed by atoms with Gasteiger partial charge in [0.25, 0.3) is 0 Å². The first-order chi connectivity index (χ1) is 8.01. The topological polar surface area (TPSA) is 48.8 Å². The lowest BCUT2D eigenvalue weighted by atomic mass is 10.2. The van der Waals surface area contributed by atoms with Crippen molar-refractivity contribution in [1.29, 1.82) is 0 Å². The molecule has 0 saturated heterocycles. The maximum Gasteiger partial charge on any atom is 0.446 e. The molecule has 1 rings (SSSR count). The van der Waals surface area contributed by atoms with Crippen molar-refractivity contribution in [3.8, 4) is 0 Å². The summed E-state index contributed by atoms with van der Waals surface area (Å²) in [6.07, 6.45) is 3.31. The molecule has 1 aromatic rings. The molecule has 0 radical (unpaired) electrons. The van der Waals surface area contributed by atoms with Gasteiger partial charge in [0.15, 0.2) is 0 Å². The molecule has 0 aliphatic heterocycles. The minimum atomic E-state index is -4.27. The Bertz CT molecular complexity index is 433. The summed E-state index contributed by atoms with van der Waals surface area (Å²) in [5.41, 5.74) is 4.51. The first-order valence-corrected chi connectivity index (χ1v) is 5.36. The summed E-state index contributed by atoms with van der Waals surface area (Å²) in [5.74, 6) is 0. The number of hydrogen-bond donors (Lipinski definition) is 0. The summed E-state index contributed by atoms with van der Waals surface area (Å²) in [5, 5.41) is 3.29. The Kier molecular flexibility index (Phi) is 4.93. The second-order valence-corrected chi connectivity index (χ2v) is 4.07. The molecule has 1 aromatic carbocycles. The number of azide groups is 1. The highest BCUT2D eigenvalue weighted by atomic mass is 32.2. The van der Waals surface area contributed by atoms with Crippen molar-refractivity contribution >= 4 is 17.8 Å². The summed E-state index contributed by atoms with van der Waals surface area (Å²) >= 11 is -0.149. The minimum Gasteiger partial charge on any atom is -0.160 e. The number of halogens is 3. The van der Waals surface area contributed by atoms with E-state index in [-0.39, 0.29) is 23.2 Å². The maximum absolute atomic E-state index is 12.0. The summed E-state index contributed by atoms with van der Waals surface area (Å²) in [7, 11) is 0. The zero-order valence-electron chi connectivity index (χ0n) is 8.55. The minimum absolute atomic E-state index is 0.143. The van der Waals surface area contributed by atoms with Gasteiger partial charge in [-0.25, -0.2) is 0 Å². The predicted octanol–water partition coefficient (Wildman–Crippen LogP) is 4.62. The van der Waals surface area contributed by atoms with Gasteiger partial charge in [0.1, 0.15) is 0 Å². The van der Waals surface area contributed by atoms with Crippen molar-refractivity contribution in [3.05, 3.63) is 46.3 Å². The van der Waals surface area contributed by atoms with E-state index in [9.17, 15) is 13.2 Å². The predicted molar refractivity (Wildman–Crippen MR) is 61.4 cm³/mol. The number of nitrogens with zero attached hydrogens (tertiary/aromatic N) is 3. The lowest BCUT2D eigenvalue weighted by molar-refractivity contribution is -0.0328. The lowest BCUT2D eigenvalue weighted by Gasteiger charge is -2.05. The van der Waals surface area contributed by atoms with Gasteiger partial charge in [-0.3, -0.25) is 0 Å². The van der Waals surface area contributed by atoms with Crippen LogP contribution in [0.25, 0.3) is 16.5 Å². The highest BCUT2D eigenvalue weighted by Gasteiger charge is 2.28.